The molecular weight excluding hydrogens is 268 g/mol. The van der Waals surface area contributed by atoms with E-state index in [2.05, 4.69) is 0 Å². The quantitative estimate of drug-likeness (QED) is 0.836. The number of allylic oxidation sites excluding steroid dienone is 2. The van der Waals surface area contributed by atoms with Crippen molar-refractivity contribution < 1.29 is 4.79 Å². The molecule has 1 aliphatic heterocycles. The SMILES string of the molecule is CCCC1C2=C(CC(C)(C)CC2=O)n2c(=O)ccc(=O)n21. The minimum absolute atomic E-state index is 0.0784. The molecule has 0 bridgehead atoms. The smallest absolute Gasteiger partial charge is 0.269 e. The minimum atomic E-state index is -0.282. The molecule has 1 aliphatic carbocycles. The van der Waals surface area contributed by atoms with Gasteiger partial charge in [0.1, 0.15) is 0 Å². The number of rotatable bonds is 2. The van der Waals surface area contributed by atoms with E-state index < -0.39 is 0 Å². The van der Waals surface area contributed by atoms with Gasteiger partial charge in [0.2, 0.25) is 0 Å². The number of hydrogen-bond acceptors (Lipinski definition) is 3. The highest BCUT2D eigenvalue weighted by atomic mass is 16.2. The first-order chi connectivity index (χ1) is 9.85. The summed E-state index contributed by atoms with van der Waals surface area (Å²) < 4.78 is 2.92. The van der Waals surface area contributed by atoms with Crippen molar-refractivity contribution in [3.8, 4) is 0 Å². The summed E-state index contributed by atoms with van der Waals surface area (Å²) in [6, 6.07) is 2.31. The zero-order valence-electron chi connectivity index (χ0n) is 12.7. The van der Waals surface area contributed by atoms with Gasteiger partial charge in [0.15, 0.2) is 5.78 Å². The Morgan fingerprint density at radius 1 is 1.14 bits per heavy atom. The lowest BCUT2D eigenvalue weighted by atomic mass is 9.74. The van der Waals surface area contributed by atoms with Gasteiger partial charge in [0, 0.05) is 24.1 Å². The number of hydrogen-bond donors (Lipinski definition) is 0. The molecular formula is C16H20N2O3. The van der Waals surface area contributed by atoms with Crippen molar-refractivity contribution in [2.75, 3.05) is 0 Å². The van der Waals surface area contributed by atoms with Crippen molar-refractivity contribution in [1.29, 1.82) is 0 Å². The van der Waals surface area contributed by atoms with Crippen LogP contribution in [0.4, 0.5) is 0 Å². The summed E-state index contributed by atoms with van der Waals surface area (Å²) in [5, 5.41) is 0. The van der Waals surface area contributed by atoms with Crippen molar-refractivity contribution in [3.63, 3.8) is 0 Å². The maximum Gasteiger partial charge on any atom is 0.269 e. The van der Waals surface area contributed by atoms with E-state index in [0.29, 0.717) is 24.8 Å². The second kappa shape index (κ2) is 4.55. The molecule has 1 aromatic rings. The summed E-state index contributed by atoms with van der Waals surface area (Å²) in [6.45, 7) is 6.07. The number of nitrogens with zero attached hydrogens (tertiary/aromatic N) is 2. The fourth-order valence-corrected chi connectivity index (χ4v) is 3.58. The highest BCUT2D eigenvalue weighted by molar-refractivity contribution is 6.03. The van der Waals surface area contributed by atoms with Crippen LogP contribution in [0.15, 0.2) is 27.3 Å². The molecule has 0 saturated heterocycles. The van der Waals surface area contributed by atoms with E-state index >= 15 is 0 Å². The monoisotopic (exact) mass is 288 g/mol. The van der Waals surface area contributed by atoms with Crippen LogP contribution in [0.5, 0.6) is 0 Å². The standard InChI is InChI=1S/C16H20N2O3/c1-4-5-10-15-11(8-16(2,3)9-12(15)19)18-14(21)7-6-13(20)17(10)18/h6-7,10H,4-5,8-9H2,1-3H3. The summed E-state index contributed by atoms with van der Waals surface area (Å²) in [7, 11) is 0. The molecule has 5 heteroatoms. The largest absolute Gasteiger partial charge is 0.294 e. The summed E-state index contributed by atoms with van der Waals surface area (Å²) >= 11 is 0. The van der Waals surface area contributed by atoms with Crippen molar-refractivity contribution in [3.05, 3.63) is 38.4 Å². The molecule has 21 heavy (non-hydrogen) atoms. The van der Waals surface area contributed by atoms with Gasteiger partial charge >= 0.3 is 0 Å². The van der Waals surface area contributed by atoms with Crippen molar-refractivity contribution in [1.82, 2.24) is 9.36 Å². The summed E-state index contributed by atoms with van der Waals surface area (Å²) in [6.07, 6.45) is 2.68. The summed E-state index contributed by atoms with van der Waals surface area (Å²) in [5.74, 6) is 0.0784. The molecule has 112 valence electrons. The molecule has 0 amide bonds. The number of carbonyl (C=O) groups excluding carboxylic acids is 1. The first-order valence-corrected chi connectivity index (χ1v) is 7.47. The minimum Gasteiger partial charge on any atom is -0.294 e. The topological polar surface area (TPSA) is 61.1 Å². The van der Waals surface area contributed by atoms with Crippen molar-refractivity contribution in [2.45, 2.75) is 52.5 Å². The molecule has 1 atom stereocenters. The van der Waals surface area contributed by atoms with Gasteiger partial charge in [-0.2, -0.15) is 0 Å². The molecule has 0 aromatic carbocycles. The number of aromatic nitrogens is 2. The lowest BCUT2D eigenvalue weighted by molar-refractivity contribution is -0.118. The second-order valence-corrected chi connectivity index (χ2v) is 6.77. The first kappa shape index (κ1) is 14.0. The molecule has 1 aromatic heterocycles. The van der Waals surface area contributed by atoms with Crippen LogP contribution >= 0.6 is 0 Å². The number of fused-ring (bicyclic) bond motifs is 2. The van der Waals surface area contributed by atoms with Crippen LogP contribution in [-0.2, 0) is 4.79 Å². The third-order valence-electron chi connectivity index (χ3n) is 4.36. The van der Waals surface area contributed by atoms with E-state index in [4.69, 9.17) is 0 Å². The maximum atomic E-state index is 12.6. The lowest BCUT2D eigenvalue weighted by Gasteiger charge is -2.30. The van der Waals surface area contributed by atoms with E-state index in [1.54, 1.807) is 0 Å². The highest BCUT2D eigenvalue weighted by Gasteiger charge is 2.42. The Kier molecular flexibility index (Phi) is 3.04. The van der Waals surface area contributed by atoms with Crippen LogP contribution in [0.3, 0.4) is 0 Å². The lowest BCUT2D eigenvalue weighted by Crippen LogP contribution is -2.35. The average Bonchev–Trinajstić information content (AvgIpc) is 2.69. The Hall–Kier alpha value is -1.91. The average molecular weight is 288 g/mol. The molecule has 2 heterocycles. The van der Waals surface area contributed by atoms with E-state index in [0.717, 1.165) is 12.1 Å². The molecule has 5 nitrogen and oxygen atoms in total. The highest BCUT2D eigenvalue weighted by Crippen LogP contribution is 2.45. The van der Waals surface area contributed by atoms with Crippen LogP contribution in [0.2, 0.25) is 0 Å². The molecule has 0 radical (unpaired) electrons. The molecule has 1 unspecified atom stereocenters. The zero-order valence-corrected chi connectivity index (χ0v) is 12.7. The van der Waals surface area contributed by atoms with E-state index in [9.17, 15) is 14.4 Å². The van der Waals surface area contributed by atoms with Gasteiger partial charge in [-0.25, -0.2) is 9.36 Å². The Labute approximate surface area is 122 Å². The summed E-state index contributed by atoms with van der Waals surface area (Å²) in [4.78, 5) is 37.0. The van der Waals surface area contributed by atoms with E-state index in [-0.39, 0.29) is 28.4 Å². The van der Waals surface area contributed by atoms with Crippen LogP contribution in [0.25, 0.3) is 5.70 Å². The number of Topliss-reactive ketones (excluding diaryl/α,β-unsaturated/α-hetero) is 1. The number of carbonyl (C=O) groups is 1. The van der Waals surface area contributed by atoms with E-state index in [1.165, 1.54) is 21.5 Å². The third-order valence-corrected chi connectivity index (χ3v) is 4.36. The van der Waals surface area contributed by atoms with Crippen LogP contribution in [0, 0.1) is 5.41 Å². The second-order valence-electron chi connectivity index (χ2n) is 6.77. The van der Waals surface area contributed by atoms with Crippen molar-refractivity contribution >= 4 is 11.5 Å². The fraction of sp³-hybridized carbons (Fsp3) is 0.562. The molecule has 0 saturated carbocycles. The summed E-state index contributed by atoms with van der Waals surface area (Å²) in [5.41, 5.74) is 0.797. The Bertz CT molecular complexity index is 764. The molecule has 2 aliphatic rings. The Balaban J connectivity index is 2.30. The normalized spacial score (nSPS) is 23.2. The third kappa shape index (κ3) is 2.03. The number of ketones is 1. The predicted octanol–water partition coefficient (Wildman–Crippen LogP) is 1.96. The molecule has 0 spiro atoms. The van der Waals surface area contributed by atoms with Crippen LogP contribution in [-0.4, -0.2) is 15.1 Å². The van der Waals surface area contributed by atoms with Gasteiger partial charge < -0.3 is 0 Å². The predicted molar refractivity (Wildman–Crippen MR) is 80.1 cm³/mol. The van der Waals surface area contributed by atoms with Gasteiger partial charge in [-0.15, -0.1) is 0 Å². The van der Waals surface area contributed by atoms with Gasteiger partial charge in [0.05, 0.1) is 11.7 Å². The maximum absolute atomic E-state index is 12.6. The van der Waals surface area contributed by atoms with Gasteiger partial charge in [-0.3, -0.25) is 14.4 Å². The zero-order chi connectivity index (χ0) is 15.4. The fourth-order valence-electron chi connectivity index (χ4n) is 3.58. The first-order valence-electron chi connectivity index (χ1n) is 7.47. The molecule has 0 fully saturated rings. The van der Waals surface area contributed by atoms with Gasteiger partial charge in [-0.1, -0.05) is 27.2 Å². The van der Waals surface area contributed by atoms with Crippen molar-refractivity contribution in [2.24, 2.45) is 5.41 Å². The van der Waals surface area contributed by atoms with Gasteiger partial charge in [0.25, 0.3) is 11.1 Å². The molecule has 3 rings (SSSR count). The van der Waals surface area contributed by atoms with Crippen LogP contribution in [0.1, 0.15) is 52.5 Å². The Morgan fingerprint density at radius 2 is 1.81 bits per heavy atom. The molecule has 0 N–H and O–H groups in total. The Morgan fingerprint density at radius 3 is 2.48 bits per heavy atom. The van der Waals surface area contributed by atoms with E-state index in [1.807, 2.05) is 20.8 Å². The van der Waals surface area contributed by atoms with Crippen LogP contribution < -0.4 is 11.1 Å². The van der Waals surface area contributed by atoms with Gasteiger partial charge in [-0.05, 0) is 18.3 Å².